The molecule has 5 heteroatoms. The summed E-state index contributed by atoms with van der Waals surface area (Å²) in [6, 6.07) is 8.65. The highest BCUT2D eigenvalue weighted by Crippen LogP contribution is 2.37. The Morgan fingerprint density at radius 3 is 2.96 bits per heavy atom. The quantitative estimate of drug-likeness (QED) is 0.858. The molecule has 2 saturated heterocycles. The number of benzene rings is 1. The van der Waals surface area contributed by atoms with Gasteiger partial charge in [0.05, 0.1) is 19.8 Å². The molecular weight excluding hydrogens is 316 g/mol. The molecule has 1 aromatic carbocycles. The van der Waals surface area contributed by atoms with Gasteiger partial charge >= 0.3 is 0 Å². The molecule has 3 atom stereocenters. The predicted octanol–water partition coefficient (Wildman–Crippen LogP) is 2.00. The van der Waals surface area contributed by atoms with Gasteiger partial charge in [-0.1, -0.05) is 18.2 Å². The highest BCUT2D eigenvalue weighted by atomic mass is 16.5. The number of fused-ring (bicyclic) bond motifs is 1. The molecule has 0 aromatic heterocycles. The van der Waals surface area contributed by atoms with E-state index in [-0.39, 0.29) is 11.9 Å². The highest BCUT2D eigenvalue weighted by Gasteiger charge is 2.42. The molecule has 1 amide bonds. The number of nitrogens with one attached hydrogen (secondary N) is 1. The van der Waals surface area contributed by atoms with Gasteiger partial charge in [0, 0.05) is 31.6 Å². The number of aryl methyl sites for hydroxylation is 1. The van der Waals surface area contributed by atoms with Crippen molar-refractivity contribution in [3.05, 3.63) is 29.8 Å². The molecule has 1 N–H and O–H groups in total. The first-order chi connectivity index (χ1) is 12.2. The summed E-state index contributed by atoms with van der Waals surface area (Å²) >= 11 is 0. The van der Waals surface area contributed by atoms with Crippen LogP contribution in [0.15, 0.2) is 24.3 Å². The first kappa shape index (κ1) is 16.9. The summed E-state index contributed by atoms with van der Waals surface area (Å²) in [4.78, 5) is 14.9. The second-order valence-electron chi connectivity index (χ2n) is 7.63. The second kappa shape index (κ2) is 7.34. The number of hydrogen-bond donors (Lipinski definition) is 1. The molecule has 2 heterocycles. The highest BCUT2D eigenvalue weighted by molar-refractivity contribution is 5.76. The van der Waals surface area contributed by atoms with Crippen LogP contribution in [0.4, 0.5) is 0 Å². The minimum atomic E-state index is 0.135. The first-order valence-electron chi connectivity index (χ1n) is 9.50. The Bertz CT molecular complexity index is 617. The fraction of sp³-hybridized carbons (Fsp3) is 0.650. The summed E-state index contributed by atoms with van der Waals surface area (Å²) in [7, 11) is 1.67. The van der Waals surface area contributed by atoms with Gasteiger partial charge in [-0.05, 0) is 43.2 Å². The van der Waals surface area contributed by atoms with Gasteiger partial charge in [0.25, 0.3) is 0 Å². The third kappa shape index (κ3) is 3.98. The zero-order valence-corrected chi connectivity index (χ0v) is 14.9. The zero-order valence-electron chi connectivity index (χ0n) is 14.9. The molecule has 0 radical (unpaired) electrons. The molecule has 0 bridgehead atoms. The van der Waals surface area contributed by atoms with E-state index in [1.165, 1.54) is 12.8 Å². The van der Waals surface area contributed by atoms with Crippen LogP contribution in [-0.4, -0.2) is 55.8 Å². The van der Waals surface area contributed by atoms with E-state index in [9.17, 15) is 4.79 Å². The van der Waals surface area contributed by atoms with E-state index in [1.807, 2.05) is 24.3 Å². The van der Waals surface area contributed by atoms with E-state index in [0.717, 1.165) is 43.3 Å². The molecule has 5 nitrogen and oxygen atoms in total. The Hall–Kier alpha value is -1.59. The van der Waals surface area contributed by atoms with Crippen LogP contribution in [0.2, 0.25) is 0 Å². The SMILES string of the molecule is COc1ccccc1CCC(=O)N[C@H]1C[C@H]2CO[C@@H](C3CC3)CN2C1. The number of rotatable bonds is 6. The average Bonchev–Trinajstić information content (AvgIpc) is 3.40. The van der Waals surface area contributed by atoms with Crippen molar-refractivity contribution in [1.29, 1.82) is 0 Å². The van der Waals surface area contributed by atoms with E-state index >= 15 is 0 Å². The Morgan fingerprint density at radius 1 is 1.32 bits per heavy atom. The van der Waals surface area contributed by atoms with Crippen LogP contribution < -0.4 is 10.1 Å². The Balaban J connectivity index is 1.24. The summed E-state index contributed by atoms with van der Waals surface area (Å²) in [6.07, 6.45) is 5.30. The van der Waals surface area contributed by atoms with Crippen molar-refractivity contribution in [3.8, 4) is 5.75 Å². The van der Waals surface area contributed by atoms with E-state index in [1.54, 1.807) is 7.11 Å². The minimum absolute atomic E-state index is 0.135. The van der Waals surface area contributed by atoms with E-state index in [0.29, 0.717) is 25.0 Å². The van der Waals surface area contributed by atoms with Gasteiger partial charge < -0.3 is 14.8 Å². The average molecular weight is 344 g/mol. The van der Waals surface area contributed by atoms with Crippen LogP contribution in [0, 0.1) is 5.92 Å². The molecule has 2 aliphatic heterocycles. The number of morpholine rings is 1. The van der Waals surface area contributed by atoms with Crippen LogP contribution in [0.1, 0.15) is 31.2 Å². The topological polar surface area (TPSA) is 50.8 Å². The van der Waals surface area contributed by atoms with Crippen LogP contribution in [0.3, 0.4) is 0 Å². The lowest BCUT2D eigenvalue weighted by Gasteiger charge is -2.35. The lowest BCUT2D eigenvalue weighted by atomic mass is 10.1. The first-order valence-corrected chi connectivity index (χ1v) is 9.50. The zero-order chi connectivity index (χ0) is 17.2. The number of nitrogens with zero attached hydrogens (tertiary/aromatic N) is 1. The van der Waals surface area contributed by atoms with Crippen LogP contribution in [-0.2, 0) is 16.0 Å². The fourth-order valence-corrected chi connectivity index (χ4v) is 4.22. The van der Waals surface area contributed by atoms with E-state index in [4.69, 9.17) is 9.47 Å². The molecule has 0 spiro atoms. The molecule has 1 saturated carbocycles. The summed E-state index contributed by atoms with van der Waals surface area (Å²) in [5.41, 5.74) is 1.09. The molecule has 1 aromatic rings. The largest absolute Gasteiger partial charge is 0.496 e. The minimum Gasteiger partial charge on any atom is -0.496 e. The summed E-state index contributed by atoms with van der Waals surface area (Å²) in [5.74, 6) is 1.78. The van der Waals surface area contributed by atoms with Gasteiger partial charge in [-0.25, -0.2) is 0 Å². The van der Waals surface area contributed by atoms with Crippen molar-refractivity contribution in [2.45, 2.75) is 50.3 Å². The van der Waals surface area contributed by atoms with E-state index in [2.05, 4.69) is 10.2 Å². The van der Waals surface area contributed by atoms with Gasteiger partial charge in [-0.15, -0.1) is 0 Å². The molecule has 3 fully saturated rings. The number of hydrogen-bond acceptors (Lipinski definition) is 4. The maximum Gasteiger partial charge on any atom is 0.220 e. The van der Waals surface area contributed by atoms with Crippen molar-refractivity contribution in [3.63, 3.8) is 0 Å². The number of ether oxygens (including phenoxy) is 2. The van der Waals surface area contributed by atoms with Crippen molar-refractivity contribution in [2.24, 2.45) is 5.92 Å². The maximum absolute atomic E-state index is 12.4. The Morgan fingerprint density at radius 2 is 2.16 bits per heavy atom. The second-order valence-corrected chi connectivity index (χ2v) is 7.63. The maximum atomic E-state index is 12.4. The number of carbonyl (C=O) groups excluding carboxylic acids is 1. The smallest absolute Gasteiger partial charge is 0.220 e. The third-order valence-electron chi connectivity index (χ3n) is 5.77. The predicted molar refractivity (Wildman–Crippen MR) is 95.7 cm³/mol. The fourth-order valence-electron chi connectivity index (χ4n) is 4.22. The van der Waals surface area contributed by atoms with Crippen molar-refractivity contribution >= 4 is 5.91 Å². The van der Waals surface area contributed by atoms with Gasteiger partial charge in [0.15, 0.2) is 0 Å². The van der Waals surface area contributed by atoms with E-state index < -0.39 is 0 Å². The Kier molecular flexibility index (Phi) is 4.95. The molecular formula is C20H28N2O3. The lowest BCUT2D eigenvalue weighted by Crippen LogP contribution is -2.47. The summed E-state index contributed by atoms with van der Waals surface area (Å²) in [5, 5.41) is 3.23. The third-order valence-corrected chi connectivity index (χ3v) is 5.77. The molecule has 0 unspecified atom stereocenters. The monoisotopic (exact) mass is 344 g/mol. The van der Waals surface area contributed by atoms with Gasteiger partial charge in [0.2, 0.25) is 5.91 Å². The van der Waals surface area contributed by atoms with Crippen molar-refractivity contribution in [1.82, 2.24) is 10.2 Å². The number of methoxy groups -OCH3 is 1. The number of para-hydroxylation sites is 1. The number of amides is 1. The van der Waals surface area contributed by atoms with Crippen molar-refractivity contribution in [2.75, 3.05) is 26.8 Å². The molecule has 1 aliphatic carbocycles. The van der Waals surface area contributed by atoms with Crippen LogP contribution in [0.5, 0.6) is 5.75 Å². The standard InChI is InChI=1S/C20H28N2O3/c1-24-18-5-3-2-4-14(18)8-9-20(23)21-16-10-17-13-25-19(15-6-7-15)12-22(17)11-16/h2-5,15-17,19H,6-13H2,1H3,(H,21,23)/t16-,17-,19+/m0/s1. The lowest BCUT2D eigenvalue weighted by molar-refractivity contribution is -0.121. The summed E-state index contributed by atoms with van der Waals surface area (Å²) in [6.45, 7) is 2.84. The summed E-state index contributed by atoms with van der Waals surface area (Å²) < 4.78 is 11.4. The Labute approximate surface area is 149 Å². The van der Waals surface area contributed by atoms with Crippen LogP contribution >= 0.6 is 0 Å². The molecule has 3 aliphatic rings. The molecule has 136 valence electrons. The molecule has 4 rings (SSSR count). The van der Waals surface area contributed by atoms with Crippen molar-refractivity contribution < 1.29 is 14.3 Å². The normalized spacial score (nSPS) is 29.2. The van der Waals surface area contributed by atoms with Crippen LogP contribution in [0.25, 0.3) is 0 Å². The molecule has 25 heavy (non-hydrogen) atoms. The number of carbonyl (C=O) groups is 1. The van der Waals surface area contributed by atoms with Gasteiger partial charge in [-0.3, -0.25) is 9.69 Å². The van der Waals surface area contributed by atoms with Gasteiger partial charge in [0.1, 0.15) is 5.75 Å². The van der Waals surface area contributed by atoms with Gasteiger partial charge in [-0.2, -0.15) is 0 Å².